The molecule has 0 aliphatic heterocycles. The molecule has 0 saturated heterocycles. The Balaban J connectivity index is 1.37. The summed E-state index contributed by atoms with van der Waals surface area (Å²) >= 11 is 0. The molecule has 0 N–H and O–H groups in total. The number of carbonyl (C=O) groups excluding carboxylic acids is 1. The zero-order valence-corrected chi connectivity index (χ0v) is 20.0. The minimum Gasteiger partial charge on any atom is -0.456 e. The summed E-state index contributed by atoms with van der Waals surface area (Å²) in [4.78, 5) is 29.3. The lowest BCUT2D eigenvalue weighted by Gasteiger charge is -2.05. The van der Waals surface area contributed by atoms with Gasteiger partial charge in [-0.1, -0.05) is 54.1 Å². The lowest BCUT2D eigenvalue weighted by atomic mass is 10.1. The smallest absolute Gasteiger partial charge is 0.331 e. The van der Waals surface area contributed by atoms with Crippen molar-refractivity contribution in [1.29, 1.82) is 0 Å². The van der Waals surface area contributed by atoms with E-state index in [1.807, 2.05) is 80.7 Å². The number of aryl methyl sites for hydroxylation is 2. The Kier molecular flexibility index (Phi) is 6.28. The summed E-state index contributed by atoms with van der Waals surface area (Å²) in [6.45, 7) is 3.84. The van der Waals surface area contributed by atoms with Crippen molar-refractivity contribution in [2.45, 2.75) is 20.5 Å². The van der Waals surface area contributed by atoms with E-state index < -0.39 is 5.97 Å². The summed E-state index contributed by atoms with van der Waals surface area (Å²) in [6, 6.07) is 22.9. The molecule has 36 heavy (non-hydrogen) atoms. The van der Waals surface area contributed by atoms with Crippen LogP contribution in [0.25, 0.3) is 28.7 Å². The largest absolute Gasteiger partial charge is 0.456 e. The van der Waals surface area contributed by atoms with Gasteiger partial charge in [-0.3, -0.25) is 9.20 Å². The van der Waals surface area contributed by atoms with Gasteiger partial charge in [0, 0.05) is 35.7 Å². The van der Waals surface area contributed by atoms with Crippen LogP contribution in [0.2, 0.25) is 0 Å². The first-order valence-electron chi connectivity index (χ1n) is 11.5. The maximum Gasteiger partial charge on any atom is 0.331 e. The SMILES string of the molecule is Cc1ccc(-c2nn(-c3ccccc3)cc2/C=C/C(=O)OCc2cc(=O)n3cc(C)ccc3n2)cc1. The number of esters is 1. The van der Waals surface area contributed by atoms with E-state index in [2.05, 4.69) is 4.98 Å². The van der Waals surface area contributed by atoms with Gasteiger partial charge in [0.15, 0.2) is 0 Å². The highest BCUT2D eigenvalue weighted by Crippen LogP contribution is 2.25. The molecule has 0 fully saturated rings. The number of aromatic nitrogens is 4. The van der Waals surface area contributed by atoms with Crippen LogP contribution in [-0.2, 0) is 16.1 Å². The summed E-state index contributed by atoms with van der Waals surface area (Å²) in [5.74, 6) is -0.539. The van der Waals surface area contributed by atoms with Gasteiger partial charge in [-0.05, 0) is 43.7 Å². The second-order valence-corrected chi connectivity index (χ2v) is 8.54. The summed E-state index contributed by atoms with van der Waals surface area (Å²) < 4.78 is 8.62. The van der Waals surface area contributed by atoms with Gasteiger partial charge in [0.1, 0.15) is 12.3 Å². The summed E-state index contributed by atoms with van der Waals surface area (Å²) in [6.07, 6.45) is 6.66. The predicted molar refractivity (Wildman–Crippen MR) is 139 cm³/mol. The van der Waals surface area contributed by atoms with Gasteiger partial charge in [0.05, 0.1) is 17.1 Å². The van der Waals surface area contributed by atoms with Gasteiger partial charge >= 0.3 is 5.97 Å². The number of pyridine rings is 1. The van der Waals surface area contributed by atoms with Crippen molar-refractivity contribution >= 4 is 17.7 Å². The average molecular weight is 477 g/mol. The number of rotatable bonds is 6. The molecule has 0 bridgehead atoms. The molecule has 0 radical (unpaired) electrons. The first-order valence-corrected chi connectivity index (χ1v) is 11.5. The fraction of sp³-hybridized carbons (Fsp3) is 0.103. The highest BCUT2D eigenvalue weighted by atomic mass is 16.5. The maximum absolute atomic E-state index is 12.5. The van der Waals surface area contributed by atoms with Crippen molar-refractivity contribution in [1.82, 2.24) is 19.2 Å². The Labute approximate surface area is 207 Å². The van der Waals surface area contributed by atoms with Gasteiger partial charge in [0.2, 0.25) is 0 Å². The molecular formula is C29H24N4O3. The Morgan fingerprint density at radius 1 is 0.944 bits per heavy atom. The molecule has 178 valence electrons. The van der Waals surface area contributed by atoms with Crippen LogP contribution in [0.5, 0.6) is 0 Å². The number of para-hydroxylation sites is 1. The van der Waals surface area contributed by atoms with E-state index in [0.717, 1.165) is 33.6 Å². The van der Waals surface area contributed by atoms with Crippen molar-refractivity contribution in [3.8, 4) is 16.9 Å². The summed E-state index contributed by atoms with van der Waals surface area (Å²) in [5.41, 5.74) is 6.17. The van der Waals surface area contributed by atoms with Crippen LogP contribution in [0.15, 0.2) is 96.1 Å². The third kappa shape index (κ3) is 5.00. The Morgan fingerprint density at radius 3 is 2.47 bits per heavy atom. The van der Waals surface area contributed by atoms with E-state index >= 15 is 0 Å². The minimum atomic E-state index is -0.539. The second-order valence-electron chi connectivity index (χ2n) is 8.54. The van der Waals surface area contributed by atoms with Crippen molar-refractivity contribution < 1.29 is 9.53 Å². The molecule has 5 rings (SSSR count). The van der Waals surface area contributed by atoms with E-state index in [1.165, 1.54) is 16.5 Å². The molecule has 5 aromatic rings. The first kappa shape index (κ1) is 23.0. The number of carbonyl (C=O) groups is 1. The molecular weight excluding hydrogens is 452 g/mol. The molecule has 0 unspecified atom stereocenters. The fourth-order valence-electron chi connectivity index (χ4n) is 3.84. The molecule has 0 spiro atoms. The molecule has 3 heterocycles. The lowest BCUT2D eigenvalue weighted by Crippen LogP contribution is -2.16. The van der Waals surface area contributed by atoms with E-state index in [4.69, 9.17) is 9.84 Å². The average Bonchev–Trinajstić information content (AvgIpc) is 3.32. The fourth-order valence-corrected chi connectivity index (χ4v) is 3.84. The van der Waals surface area contributed by atoms with E-state index in [-0.39, 0.29) is 12.2 Å². The Morgan fingerprint density at radius 2 is 1.69 bits per heavy atom. The molecule has 0 saturated carbocycles. The van der Waals surface area contributed by atoms with Crippen LogP contribution in [0, 0.1) is 13.8 Å². The zero-order valence-electron chi connectivity index (χ0n) is 20.0. The molecule has 7 nitrogen and oxygen atoms in total. The molecule has 2 aromatic carbocycles. The van der Waals surface area contributed by atoms with Crippen LogP contribution in [0.3, 0.4) is 0 Å². The topological polar surface area (TPSA) is 78.5 Å². The molecule has 0 aliphatic rings. The third-order valence-corrected chi connectivity index (χ3v) is 5.71. The second kappa shape index (κ2) is 9.84. The van der Waals surface area contributed by atoms with Crippen LogP contribution in [0.4, 0.5) is 0 Å². The molecule has 7 heteroatoms. The lowest BCUT2D eigenvalue weighted by molar-refractivity contribution is -0.139. The molecule has 3 aromatic heterocycles. The van der Waals surface area contributed by atoms with Crippen LogP contribution >= 0.6 is 0 Å². The van der Waals surface area contributed by atoms with Crippen molar-refractivity contribution in [3.05, 3.63) is 124 Å². The van der Waals surface area contributed by atoms with E-state index in [1.54, 1.807) is 23.0 Å². The van der Waals surface area contributed by atoms with Gasteiger partial charge in [-0.2, -0.15) is 5.10 Å². The molecule has 0 amide bonds. The quantitative estimate of drug-likeness (QED) is 0.257. The summed E-state index contributed by atoms with van der Waals surface area (Å²) in [5, 5.41) is 4.76. The van der Waals surface area contributed by atoms with E-state index in [0.29, 0.717) is 11.3 Å². The number of nitrogens with zero attached hydrogens (tertiary/aromatic N) is 4. The van der Waals surface area contributed by atoms with Crippen molar-refractivity contribution in [2.75, 3.05) is 0 Å². The van der Waals surface area contributed by atoms with Gasteiger partial charge in [-0.25, -0.2) is 14.5 Å². The molecule has 0 atom stereocenters. The van der Waals surface area contributed by atoms with Gasteiger partial charge in [-0.15, -0.1) is 0 Å². The van der Waals surface area contributed by atoms with Crippen LogP contribution in [-0.4, -0.2) is 25.1 Å². The standard InChI is InChI=1S/C29H24N4O3/c1-20-8-11-22(12-9-20)29-23(18-33(31-29)25-6-4-3-5-7-25)13-15-28(35)36-19-24-16-27(34)32-17-21(2)10-14-26(32)30-24/h3-18H,19H2,1-2H3/b15-13+. The van der Waals surface area contributed by atoms with Crippen molar-refractivity contribution in [2.24, 2.45) is 0 Å². The number of hydrogen-bond donors (Lipinski definition) is 0. The number of ether oxygens (including phenoxy) is 1. The zero-order chi connectivity index (χ0) is 25.1. The first-order chi connectivity index (χ1) is 17.5. The number of hydrogen-bond acceptors (Lipinski definition) is 5. The monoisotopic (exact) mass is 476 g/mol. The number of fused-ring (bicyclic) bond motifs is 1. The maximum atomic E-state index is 12.5. The van der Waals surface area contributed by atoms with E-state index in [9.17, 15) is 9.59 Å². The Bertz CT molecular complexity index is 1630. The summed E-state index contributed by atoms with van der Waals surface area (Å²) in [7, 11) is 0. The predicted octanol–water partition coefficient (Wildman–Crippen LogP) is 4.92. The molecule has 0 aliphatic carbocycles. The third-order valence-electron chi connectivity index (χ3n) is 5.71. The highest BCUT2D eigenvalue weighted by molar-refractivity contribution is 5.88. The number of benzene rings is 2. The highest BCUT2D eigenvalue weighted by Gasteiger charge is 2.12. The van der Waals surface area contributed by atoms with Crippen LogP contribution in [0.1, 0.15) is 22.4 Å². The Hall–Kier alpha value is -4.78. The minimum absolute atomic E-state index is 0.100. The van der Waals surface area contributed by atoms with Gasteiger partial charge in [0.25, 0.3) is 5.56 Å². The van der Waals surface area contributed by atoms with Gasteiger partial charge < -0.3 is 4.74 Å². The normalized spacial score (nSPS) is 11.3. The van der Waals surface area contributed by atoms with Crippen LogP contribution < -0.4 is 5.56 Å². The van der Waals surface area contributed by atoms with Crippen molar-refractivity contribution in [3.63, 3.8) is 0 Å².